The molecular formula is C28H37N3O. The summed E-state index contributed by atoms with van der Waals surface area (Å²) in [6, 6.07) is 17.8. The fourth-order valence-electron chi connectivity index (χ4n) is 4.96. The average molecular weight is 432 g/mol. The molecule has 3 aromatic rings. The van der Waals surface area contributed by atoms with Gasteiger partial charge in [0.05, 0.1) is 0 Å². The second kappa shape index (κ2) is 10.8. The van der Waals surface area contributed by atoms with Crippen molar-refractivity contribution in [2.75, 3.05) is 19.6 Å². The number of carbonyl (C=O) groups is 1. The minimum atomic E-state index is 0.160. The molecule has 1 saturated heterocycles. The maximum atomic E-state index is 12.5. The van der Waals surface area contributed by atoms with Crippen molar-refractivity contribution in [3.8, 4) is 0 Å². The summed E-state index contributed by atoms with van der Waals surface area (Å²) < 4.78 is 2.32. The largest absolute Gasteiger partial charge is 0.356 e. The summed E-state index contributed by atoms with van der Waals surface area (Å²) in [5, 5.41) is 4.39. The van der Waals surface area contributed by atoms with Gasteiger partial charge in [-0.05, 0) is 68.8 Å². The highest BCUT2D eigenvalue weighted by atomic mass is 16.1. The summed E-state index contributed by atoms with van der Waals surface area (Å²) in [7, 11) is 0. The highest BCUT2D eigenvalue weighted by molar-refractivity contribution is 5.85. The van der Waals surface area contributed by atoms with E-state index in [2.05, 4.69) is 83.4 Å². The Bertz CT molecular complexity index is 1040. The molecular weight excluding hydrogens is 394 g/mol. The van der Waals surface area contributed by atoms with Crippen LogP contribution in [0.15, 0.2) is 54.7 Å². The fraction of sp³-hybridized carbons (Fsp3) is 0.464. The van der Waals surface area contributed by atoms with Crippen molar-refractivity contribution in [2.24, 2.45) is 0 Å². The van der Waals surface area contributed by atoms with Gasteiger partial charge in [0.25, 0.3) is 0 Å². The van der Waals surface area contributed by atoms with E-state index in [1.807, 2.05) is 0 Å². The van der Waals surface area contributed by atoms with Crippen molar-refractivity contribution in [3.05, 3.63) is 71.4 Å². The molecule has 1 aliphatic rings. The van der Waals surface area contributed by atoms with Gasteiger partial charge in [-0.3, -0.25) is 4.79 Å². The molecule has 2 heterocycles. The topological polar surface area (TPSA) is 37.3 Å². The highest BCUT2D eigenvalue weighted by Crippen LogP contribution is 2.24. The lowest BCUT2D eigenvalue weighted by atomic mass is 10.0. The quantitative estimate of drug-likeness (QED) is 0.466. The van der Waals surface area contributed by atoms with Gasteiger partial charge in [0.2, 0.25) is 5.91 Å². The number of aromatic nitrogens is 1. The number of para-hydroxylation sites is 1. The van der Waals surface area contributed by atoms with E-state index in [9.17, 15) is 4.79 Å². The average Bonchev–Trinajstić information content (AvgIpc) is 3.15. The number of hydrogen-bond donors (Lipinski definition) is 1. The molecule has 1 aliphatic heterocycles. The minimum absolute atomic E-state index is 0.160. The van der Waals surface area contributed by atoms with Crippen LogP contribution in [0.1, 0.15) is 55.7 Å². The van der Waals surface area contributed by atoms with E-state index in [0.717, 1.165) is 32.5 Å². The van der Waals surface area contributed by atoms with Crippen LogP contribution in [0.3, 0.4) is 0 Å². The maximum absolute atomic E-state index is 12.5. The molecule has 1 atom stereocenters. The zero-order valence-electron chi connectivity index (χ0n) is 19.6. The molecule has 0 radical (unpaired) electrons. The van der Waals surface area contributed by atoms with Crippen molar-refractivity contribution in [2.45, 2.75) is 65.0 Å². The Balaban J connectivity index is 1.31. The number of piperidine rings is 1. The Morgan fingerprint density at radius 1 is 1.06 bits per heavy atom. The Kier molecular flexibility index (Phi) is 7.64. The van der Waals surface area contributed by atoms with E-state index in [0.29, 0.717) is 12.5 Å². The molecule has 1 amide bonds. The van der Waals surface area contributed by atoms with E-state index >= 15 is 0 Å². The molecule has 2 aromatic carbocycles. The second-order valence-corrected chi connectivity index (χ2v) is 9.31. The van der Waals surface area contributed by atoms with E-state index in [4.69, 9.17) is 0 Å². The van der Waals surface area contributed by atoms with E-state index in [1.165, 1.54) is 53.4 Å². The normalized spacial score (nSPS) is 17.0. The summed E-state index contributed by atoms with van der Waals surface area (Å²) >= 11 is 0. The highest BCUT2D eigenvalue weighted by Gasteiger charge is 2.17. The summed E-state index contributed by atoms with van der Waals surface area (Å²) in [5.74, 6) is 0.160. The predicted octanol–water partition coefficient (Wildman–Crippen LogP) is 5.31. The van der Waals surface area contributed by atoms with Gasteiger partial charge in [-0.2, -0.15) is 0 Å². The van der Waals surface area contributed by atoms with Crippen LogP contribution in [0, 0.1) is 6.92 Å². The van der Waals surface area contributed by atoms with Crippen molar-refractivity contribution < 1.29 is 4.79 Å². The van der Waals surface area contributed by atoms with Gasteiger partial charge in [0.15, 0.2) is 0 Å². The number of nitrogens with zero attached hydrogens (tertiary/aromatic N) is 2. The van der Waals surface area contributed by atoms with E-state index in [1.54, 1.807) is 0 Å². The fourth-order valence-corrected chi connectivity index (χ4v) is 4.96. The lowest BCUT2D eigenvalue weighted by molar-refractivity contribution is -0.121. The molecule has 32 heavy (non-hydrogen) atoms. The molecule has 4 nitrogen and oxygen atoms in total. The lowest BCUT2D eigenvalue weighted by Gasteiger charge is -2.33. The van der Waals surface area contributed by atoms with E-state index < -0.39 is 0 Å². The number of hydrogen-bond acceptors (Lipinski definition) is 2. The summed E-state index contributed by atoms with van der Waals surface area (Å²) in [6.07, 6.45) is 8.57. The van der Waals surface area contributed by atoms with Crippen molar-refractivity contribution in [1.29, 1.82) is 0 Å². The number of amides is 1. The zero-order valence-corrected chi connectivity index (χ0v) is 19.6. The molecule has 0 spiro atoms. The van der Waals surface area contributed by atoms with Crippen molar-refractivity contribution in [3.63, 3.8) is 0 Å². The van der Waals surface area contributed by atoms with Crippen molar-refractivity contribution >= 4 is 16.8 Å². The van der Waals surface area contributed by atoms with Gasteiger partial charge in [0.1, 0.15) is 0 Å². The lowest BCUT2D eigenvalue weighted by Crippen LogP contribution is -2.39. The number of benzene rings is 2. The Labute approximate surface area is 192 Å². The Morgan fingerprint density at radius 2 is 1.88 bits per heavy atom. The molecule has 0 saturated carbocycles. The first-order valence-corrected chi connectivity index (χ1v) is 12.2. The second-order valence-electron chi connectivity index (χ2n) is 9.31. The van der Waals surface area contributed by atoms with Crippen LogP contribution < -0.4 is 5.32 Å². The number of carbonyl (C=O) groups excluding carboxylic acids is 1. The first-order valence-electron chi connectivity index (χ1n) is 12.2. The van der Waals surface area contributed by atoms with Crippen LogP contribution in [-0.4, -0.2) is 41.1 Å². The van der Waals surface area contributed by atoms with Gasteiger partial charge < -0.3 is 14.8 Å². The summed E-state index contributed by atoms with van der Waals surface area (Å²) in [5.41, 5.74) is 5.14. The van der Waals surface area contributed by atoms with Gasteiger partial charge in [-0.15, -0.1) is 0 Å². The minimum Gasteiger partial charge on any atom is -0.356 e. The van der Waals surface area contributed by atoms with Crippen LogP contribution in [0.2, 0.25) is 0 Å². The third kappa shape index (κ3) is 5.60. The Morgan fingerprint density at radius 3 is 2.72 bits per heavy atom. The molecule has 1 unspecified atom stereocenters. The summed E-state index contributed by atoms with van der Waals surface area (Å²) in [6.45, 7) is 8.42. The van der Waals surface area contributed by atoms with Crippen LogP contribution in [0.25, 0.3) is 10.9 Å². The molecule has 4 rings (SSSR count). The number of rotatable bonds is 9. The zero-order chi connectivity index (χ0) is 22.3. The monoisotopic (exact) mass is 431 g/mol. The maximum Gasteiger partial charge on any atom is 0.220 e. The predicted molar refractivity (Wildman–Crippen MR) is 133 cm³/mol. The van der Waals surface area contributed by atoms with E-state index in [-0.39, 0.29) is 5.91 Å². The summed E-state index contributed by atoms with van der Waals surface area (Å²) in [4.78, 5) is 15.0. The van der Waals surface area contributed by atoms with Crippen LogP contribution in [0.5, 0.6) is 0 Å². The molecule has 0 aliphatic carbocycles. The third-order valence-corrected chi connectivity index (χ3v) is 6.98. The molecule has 1 N–H and O–H groups in total. The SMILES string of the molecule is Cc1ccccc1Cn1cc(CCC(=O)NCCCN2CCCCC2C)c2ccccc21. The number of aryl methyl sites for hydroxylation is 2. The van der Waals surface area contributed by atoms with Gasteiger partial charge in [0, 0.05) is 49.2 Å². The van der Waals surface area contributed by atoms with Crippen LogP contribution in [0.4, 0.5) is 0 Å². The van der Waals surface area contributed by atoms with Crippen LogP contribution >= 0.6 is 0 Å². The van der Waals surface area contributed by atoms with Crippen LogP contribution in [-0.2, 0) is 17.8 Å². The molecule has 170 valence electrons. The molecule has 1 fully saturated rings. The first-order chi connectivity index (χ1) is 15.6. The first kappa shape index (κ1) is 22.6. The molecule has 4 heteroatoms. The number of nitrogens with one attached hydrogen (secondary N) is 1. The molecule has 1 aromatic heterocycles. The standard InChI is InChI=1S/C28H37N3O/c1-22-10-3-4-12-24(22)20-31-21-25(26-13-5-6-14-27(26)31)15-16-28(32)29-17-9-19-30-18-8-7-11-23(30)2/h3-6,10,12-14,21,23H,7-9,11,15-20H2,1-2H3,(H,29,32). The smallest absolute Gasteiger partial charge is 0.220 e. The van der Waals surface area contributed by atoms with Gasteiger partial charge in [-0.1, -0.05) is 48.9 Å². The molecule has 0 bridgehead atoms. The van der Waals surface area contributed by atoms with Gasteiger partial charge >= 0.3 is 0 Å². The van der Waals surface area contributed by atoms with Crippen molar-refractivity contribution in [1.82, 2.24) is 14.8 Å². The number of likely N-dealkylation sites (tertiary alicyclic amines) is 1. The third-order valence-electron chi connectivity index (χ3n) is 6.98. The van der Waals surface area contributed by atoms with Gasteiger partial charge in [-0.25, -0.2) is 0 Å². The Hall–Kier alpha value is -2.59. The number of fused-ring (bicyclic) bond motifs is 1.